The van der Waals surface area contributed by atoms with E-state index in [1.807, 2.05) is 18.2 Å². The smallest absolute Gasteiger partial charge is 0.230 e. The average Bonchev–Trinajstić information content (AvgIpc) is 2.28. The van der Waals surface area contributed by atoms with Crippen molar-refractivity contribution in [2.45, 2.75) is 17.1 Å². The molecule has 1 amide bonds. The molecule has 0 fully saturated rings. The van der Waals surface area contributed by atoms with E-state index in [0.717, 1.165) is 16.4 Å². The van der Waals surface area contributed by atoms with Gasteiger partial charge in [0.1, 0.15) is 13.2 Å². The predicted molar refractivity (Wildman–Crippen MR) is 61.9 cm³/mol. The van der Waals surface area contributed by atoms with Gasteiger partial charge < -0.3 is 15.2 Å². The van der Waals surface area contributed by atoms with Crippen LogP contribution in [-0.2, 0) is 4.79 Å². The van der Waals surface area contributed by atoms with Crippen LogP contribution in [0.2, 0.25) is 0 Å². The fourth-order valence-electron chi connectivity index (χ4n) is 1.36. The van der Waals surface area contributed by atoms with Gasteiger partial charge in [-0.15, -0.1) is 11.8 Å². The normalized spacial score (nSPS) is 15.6. The van der Waals surface area contributed by atoms with Crippen LogP contribution in [0.4, 0.5) is 0 Å². The summed E-state index contributed by atoms with van der Waals surface area (Å²) in [6.07, 6.45) is 0. The van der Waals surface area contributed by atoms with Crippen molar-refractivity contribution >= 4 is 17.7 Å². The molecule has 1 heterocycles. The zero-order valence-corrected chi connectivity index (χ0v) is 9.75. The summed E-state index contributed by atoms with van der Waals surface area (Å²) < 4.78 is 10.9. The number of hydrogen-bond donors (Lipinski definition) is 1. The molecule has 2 rings (SSSR count). The number of carbonyl (C=O) groups excluding carboxylic acids is 1. The summed E-state index contributed by atoms with van der Waals surface area (Å²) >= 11 is 1.41. The zero-order chi connectivity index (χ0) is 11.5. The van der Waals surface area contributed by atoms with Crippen molar-refractivity contribution in [2.75, 3.05) is 13.2 Å². The third-order valence-electron chi connectivity index (χ3n) is 2.23. The van der Waals surface area contributed by atoms with Crippen molar-refractivity contribution in [3.8, 4) is 11.5 Å². The Morgan fingerprint density at radius 1 is 1.38 bits per heavy atom. The van der Waals surface area contributed by atoms with E-state index in [1.54, 1.807) is 6.92 Å². The summed E-state index contributed by atoms with van der Waals surface area (Å²) in [6.45, 7) is 2.92. The van der Waals surface area contributed by atoms with Gasteiger partial charge in [0.15, 0.2) is 11.5 Å². The van der Waals surface area contributed by atoms with Gasteiger partial charge in [-0.05, 0) is 25.1 Å². The lowest BCUT2D eigenvalue weighted by Crippen LogP contribution is -2.22. The van der Waals surface area contributed by atoms with Crippen LogP contribution in [0.3, 0.4) is 0 Å². The molecule has 0 saturated carbocycles. The zero-order valence-electron chi connectivity index (χ0n) is 8.93. The molecular formula is C11H13NO3S. The minimum Gasteiger partial charge on any atom is -0.486 e. The molecule has 1 aromatic rings. The van der Waals surface area contributed by atoms with E-state index < -0.39 is 0 Å². The Morgan fingerprint density at radius 2 is 2.06 bits per heavy atom. The number of primary amides is 1. The maximum atomic E-state index is 10.9. The van der Waals surface area contributed by atoms with Gasteiger partial charge >= 0.3 is 0 Å². The topological polar surface area (TPSA) is 61.6 Å². The molecular weight excluding hydrogens is 226 g/mol. The second-order valence-corrected chi connectivity index (χ2v) is 4.88. The molecule has 1 aliphatic heterocycles. The van der Waals surface area contributed by atoms with Crippen LogP contribution in [0.15, 0.2) is 23.1 Å². The van der Waals surface area contributed by atoms with E-state index in [1.165, 1.54) is 11.8 Å². The third-order valence-corrected chi connectivity index (χ3v) is 3.34. The Bertz CT molecular complexity index is 408. The van der Waals surface area contributed by atoms with E-state index >= 15 is 0 Å². The van der Waals surface area contributed by atoms with Crippen molar-refractivity contribution in [1.29, 1.82) is 0 Å². The molecule has 0 unspecified atom stereocenters. The van der Waals surface area contributed by atoms with E-state index in [0.29, 0.717) is 13.2 Å². The molecule has 5 heteroatoms. The highest BCUT2D eigenvalue weighted by Gasteiger charge is 2.15. The maximum absolute atomic E-state index is 10.9. The first-order valence-electron chi connectivity index (χ1n) is 5.02. The van der Waals surface area contributed by atoms with Crippen molar-refractivity contribution in [3.63, 3.8) is 0 Å². The van der Waals surface area contributed by atoms with E-state index in [9.17, 15) is 4.79 Å². The highest BCUT2D eigenvalue weighted by Crippen LogP contribution is 2.35. The quantitative estimate of drug-likeness (QED) is 0.810. The number of hydrogen-bond acceptors (Lipinski definition) is 4. The molecule has 1 atom stereocenters. The summed E-state index contributed by atoms with van der Waals surface area (Å²) in [5, 5.41) is -0.248. The summed E-state index contributed by atoms with van der Waals surface area (Å²) in [4.78, 5) is 11.9. The monoisotopic (exact) mass is 239 g/mol. The summed E-state index contributed by atoms with van der Waals surface area (Å²) in [5.41, 5.74) is 5.21. The Kier molecular flexibility index (Phi) is 3.24. The number of benzene rings is 1. The molecule has 1 aromatic carbocycles. The van der Waals surface area contributed by atoms with Gasteiger partial charge in [-0.2, -0.15) is 0 Å². The Balaban J connectivity index is 2.14. The van der Waals surface area contributed by atoms with Gasteiger partial charge in [-0.3, -0.25) is 4.79 Å². The van der Waals surface area contributed by atoms with Crippen LogP contribution in [0.25, 0.3) is 0 Å². The predicted octanol–water partition coefficient (Wildman–Crippen LogP) is 1.42. The van der Waals surface area contributed by atoms with Crippen molar-refractivity contribution < 1.29 is 14.3 Å². The molecule has 0 aliphatic carbocycles. The van der Waals surface area contributed by atoms with Gasteiger partial charge in [0, 0.05) is 4.90 Å². The number of ether oxygens (including phenoxy) is 2. The molecule has 16 heavy (non-hydrogen) atoms. The number of thioether (sulfide) groups is 1. The summed E-state index contributed by atoms with van der Waals surface area (Å²) in [5.74, 6) is 1.16. The van der Waals surface area contributed by atoms with Gasteiger partial charge in [0.05, 0.1) is 5.25 Å². The van der Waals surface area contributed by atoms with Crippen molar-refractivity contribution in [3.05, 3.63) is 18.2 Å². The molecule has 86 valence electrons. The minimum absolute atomic E-state index is 0.248. The SMILES string of the molecule is C[C@H](Sc1ccc2c(c1)OCCO2)C(N)=O. The lowest BCUT2D eigenvalue weighted by Gasteiger charge is -2.19. The van der Waals surface area contributed by atoms with E-state index in [-0.39, 0.29) is 11.2 Å². The fraction of sp³-hybridized carbons (Fsp3) is 0.364. The Labute approximate surface area is 98.1 Å². The first-order valence-corrected chi connectivity index (χ1v) is 5.90. The highest BCUT2D eigenvalue weighted by molar-refractivity contribution is 8.00. The fourth-order valence-corrected chi connectivity index (χ4v) is 2.21. The number of fused-ring (bicyclic) bond motifs is 1. The first kappa shape index (κ1) is 11.1. The Hall–Kier alpha value is -1.36. The number of rotatable bonds is 3. The molecule has 1 aliphatic rings. The van der Waals surface area contributed by atoms with Crippen molar-refractivity contribution in [2.24, 2.45) is 5.73 Å². The number of carbonyl (C=O) groups is 1. The van der Waals surface area contributed by atoms with Gasteiger partial charge in [-0.1, -0.05) is 0 Å². The lowest BCUT2D eigenvalue weighted by molar-refractivity contribution is -0.117. The van der Waals surface area contributed by atoms with E-state index in [4.69, 9.17) is 15.2 Å². The number of amides is 1. The summed E-state index contributed by atoms with van der Waals surface area (Å²) in [6, 6.07) is 5.63. The molecule has 0 aromatic heterocycles. The molecule has 0 bridgehead atoms. The highest BCUT2D eigenvalue weighted by atomic mass is 32.2. The molecule has 4 nitrogen and oxygen atoms in total. The molecule has 0 saturated heterocycles. The largest absolute Gasteiger partial charge is 0.486 e. The van der Waals surface area contributed by atoms with Crippen LogP contribution < -0.4 is 15.2 Å². The third kappa shape index (κ3) is 2.41. The number of nitrogens with two attached hydrogens (primary N) is 1. The van der Waals surface area contributed by atoms with Crippen LogP contribution in [-0.4, -0.2) is 24.4 Å². The molecule has 2 N–H and O–H groups in total. The minimum atomic E-state index is -0.320. The summed E-state index contributed by atoms with van der Waals surface area (Å²) in [7, 11) is 0. The van der Waals surface area contributed by atoms with Crippen LogP contribution >= 0.6 is 11.8 Å². The standard InChI is InChI=1S/C11H13NO3S/c1-7(11(12)13)16-8-2-3-9-10(6-8)15-5-4-14-9/h2-3,6-7H,4-5H2,1H3,(H2,12,13)/t7-/m0/s1. The first-order chi connectivity index (χ1) is 7.66. The Morgan fingerprint density at radius 3 is 2.75 bits per heavy atom. The van der Waals surface area contributed by atoms with Crippen LogP contribution in [0.1, 0.15) is 6.92 Å². The second kappa shape index (κ2) is 4.65. The van der Waals surface area contributed by atoms with Crippen LogP contribution in [0.5, 0.6) is 11.5 Å². The van der Waals surface area contributed by atoms with Gasteiger partial charge in [-0.25, -0.2) is 0 Å². The average molecular weight is 239 g/mol. The van der Waals surface area contributed by atoms with Gasteiger partial charge in [0.2, 0.25) is 5.91 Å². The van der Waals surface area contributed by atoms with E-state index in [2.05, 4.69) is 0 Å². The molecule has 0 radical (unpaired) electrons. The lowest BCUT2D eigenvalue weighted by atomic mass is 10.3. The van der Waals surface area contributed by atoms with Crippen molar-refractivity contribution in [1.82, 2.24) is 0 Å². The van der Waals surface area contributed by atoms with Gasteiger partial charge in [0.25, 0.3) is 0 Å². The second-order valence-electron chi connectivity index (χ2n) is 3.47. The molecule has 0 spiro atoms. The van der Waals surface area contributed by atoms with Crippen LogP contribution in [0, 0.1) is 0 Å². The maximum Gasteiger partial charge on any atom is 0.230 e.